The summed E-state index contributed by atoms with van der Waals surface area (Å²) < 4.78 is 4.43. The van der Waals surface area contributed by atoms with Gasteiger partial charge in [0, 0.05) is 5.56 Å². The summed E-state index contributed by atoms with van der Waals surface area (Å²) in [5.41, 5.74) is 2.37. The molecule has 0 unspecified atom stereocenters. The Morgan fingerprint density at radius 3 is 2.18 bits per heavy atom. The first-order chi connectivity index (χ1) is 7.77. The summed E-state index contributed by atoms with van der Waals surface area (Å²) in [5.74, 6) is -1.41. The van der Waals surface area contributed by atoms with Crippen LogP contribution in [0.1, 0.15) is 42.3 Å². The average Bonchev–Trinajstić information content (AvgIpc) is 2.25. The molecule has 17 heavy (non-hydrogen) atoms. The number of carbonyl (C=O) groups excluding carboxylic acids is 2. The fraction of sp³-hybridized carbons (Fsp3) is 0.429. The zero-order valence-corrected chi connectivity index (χ0v) is 11.0. The molecule has 0 amide bonds. The van der Waals surface area contributed by atoms with Gasteiger partial charge in [-0.2, -0.15) is 0 Å². The Hall–Kier alpha value is -1.64. The van der Waals surface area contributed by atoms with Crippen molar-refractivity contribution in [2.45, 2.75) is 33.1 Å². The quantitative estimate of drug-likeness (QED) is 0.449. The molecule has 0 bridgehead atoms. The number of esters is 1. The highest BCUT2D eigenvalue weighted by atomic mass is 16.5. The van der Waals surface area contributed by atoms with Crippen LogP contribution in [0.4, 0.5) is 0 Å². The van der Waals surface area contributed by atoms with Crippen LogP contribution in [0.25, 0.3) is 0 Å². The molecule has 0 spiro atoms. The number of ketones is 1. The van der Waals surface area contributed by atoms with E-state index in [1.165, 1.54) is 7.11 Å². The topological polar surface area (TPSA) is 43.4 Å². The van der Waals surface area contributed by atoms with Crippen LogP contribution in [-0.2, 0) is 14.9 Å². The lowest BCUT2D eigenvalue weighted by atomic mass is 9.85. The van der Waals surface area contributed by atoms with E-state index in [1.54, 1.807) is 6.07 Å². The van der Waals surface area contributed by atoms with Gasteiger partial charge in [0.2, 0.25) is 0 Å². The molecule has 3 heteroatoms. The van der Waals surface area contributed by atoms with Crippen LogP contribution < -0.4 is 0 Å². The maximum atomic E-state index is 11.7. The maximum absolute atomic E-state index is 11.7. The van der Waals surface area contributed by atoms with Gasteiger partial charge in [-0.3, -0.25) is 4.79 Å². The lowest BCUT2D eigenvalue weighted by molar-refractivity contribution is -0.135. The third-order valence-corrected chi connectivity index (χ3v) is 2.71. The minimum atomic E-state index is -0.823. The van der Waals surface area contributed by atoms with Gasteiger partial charge in [0.05, 0.1) is 7.11 Å². The van der Waals surface area contributed by atoms with Gasteiger partial charge in [-0.05, 0) is 23.5 Å². The molecule has 0 saturated carbocycles. The number of rotatable bonds is 2. The third kappa shape index (κ3) is 2.93. The van der Waals surface area contributed by atoms with Crippen LogP contribution in [0.2, 0.25) is 0 Å². The Morgan fingerprint density at radius 2 is 1.76 bits per heavy atom. The van der Waals surface area contributed by atoms with Crippen LogP contribution in [0.5, 0.6) is 0 Å². The number of carbonyl (C=O) groups is 2. The molecule has 0 aliphatic carbocycles. The molecule has 0 saturated heterocycles. The molecule has 0 aliphatic heterocycles. The smallest absolute Gasteiger partial charge is 0.379 e. The molecule has 1 aromatic rings. The highest BCUT2D eigenvalue weighted by Crippen LogP contribution is 2.24. The summed E-state index contributed by atoms with van der Waals surface area (Å²) in [4.78, 5) is 22.9. The summed E-state index contributed by atoms with van der Waals surface area (Å²) in [6.07, 6.45) is 0. The predicted molar refractivity (Wildman–Crippen MR) is 66.2 cm³/mol. The van der Waals surface area contributed by atoms with E-state index < -0.39 is 11.8 Å². The van der Waals surface area contributed by atoms with Gasteiger partial charge in [-0.25, -0.2) is 4.79 Å². The minimum absolute atomic E-state index is 0.0254. The maximum Gasteiger partial charge on any atom is 0.379 e. The van der Waals surface area contributed by atoms with Crippen LogP contribution in [-0.4, -0.2) is 18.9 Å². The second-order valence-corrected chi connectivity index (χ2v) is 5.10. The van der Waals surface area contributed by atoms with Gasteiger partial charge in [0.1, 0.15) is 0 Å². The number of methoxy groups -OCH3 is 1. The molecule has 0 aliphatic rings. The van der Waals surface area contributed by atoms with E-state index in [2.05, 4.69) is 25.5 Å². The number of ether oxygens (including phenoxy) is 1. The van der Waals surface area contributed by atoms with E-state index in [-0.39, 0.29) is 5.41 Å². The molecule has 1 aromatic carbocycles. The van der Waals surface area contributed by atoms with Gasteiger partial charge in [-0.1, -0.05) is 39.0 Å². The van der Waals surface area contributed by atoms with E-state index in [0.717, 1.165) is 11.1 Å². The van der Waals surface area contributed by atoms with Crippen molar-refractivity contribution < 1.29 is 14.3 Å². The van der Waals surface area contributed by atoms with E-state index in [0.29, 0.717) is 5.56 Å². The molecule has 0 heterocycles. The normalized spacial score (nSPS) is 11.1. The van der Waals surface area contributed by atoms with E-state index in [9.17, 15) is 9.59 Å². The van der Waals surface area contributed by atoms with Crippen molar-refractivity contribution in [1.82, 2.24) is 0 Å². The molecule has 92 valence electrons. The van der Waals surface area contributed by atoms with Crippen molar-refractivity contribution >= 4 is 11.8 Å². The van der Waals surface area contributed by atoms with Crippen molar-refractivity contribution in [2.24, 2.45) is 0 Å². The summed E-state index contributed by atoms with van der Waals surface area (Å²) in [7, 11) is 1.21. The molecule has 1 rings (SSSR count). The monoisotopic (exact) mass is 234 g/mol. The number of hydrogen-bond acceptors (Lipinski definition) is 3. The van der Waals surface area contributed by atoms with Crippen LogP contribution >= 0.6 is 0 Å². The zero-order valence-electron chi connectivity index (χ0n) is 11.0. The molecule has 0 N–H and O–H groups in total. The largest absolute Gasteiger partial charge is 0.463 e. The highest BCUT2D eigenvalue weighted by Gasteiger charge is 2.21. The second kappa shape index (κ2) is 4.70. The zero-order chi connectivity index (χ0) is 13.2. The molecule has 0 fully saturated rings. The first kappa shape index (κ1) is 13.4. The van der Waals surface area contributed by atoms with Crippen LogP contribution in [0.15, 0.2) is 18.2 Å². The van der Waals surface area contributed by atoms with Crippen LogP contribution in [0.3, 0.4) is 0 Å². The summed E-state index contributed by atoms with van der Waals surface area (Å²) in [6, 6.07) is 5.51. The molecule has 3 nitrogen and oxygen atoms in total. The number of aryl methyl sites for hydroxylation is 1. The van der Waals surface area contributed by atoms with Crippen molar-refractivity contribution in [2.75, 3.05) is 7.11 Å². The first-order valence-electron chi connectivity index (χ1n) is 5.51. The Bertz CT molecular complexity index is 453. The van der Waals surface area contributed by atoms with Crippen molar-refractivity contribution in [1.29, 1.82) is 0 Å². The molecule has 0 atom stereocenters. The van der Waals surface area contributed by atoms with Gasteiger partial charge in [0.15, 0.2) is 0 Å². The third-order valence-electron chi connectivity index (χ3n) is 2.71. The van der Waals surface area contributed by atoms with Crippen molar-refractivity contribution in [3.63, 3.8) is 0 Å². The Balaban J connectivity index is 3.15. The minimum Gasteiger partial charge on any atom is -0.463 e. The summed E-state index contributed by atoms with van der Waals surface area (Å²) >= 11 is 0. The van der Waals surface area contributed by atoms with E-state index >= 15 is 0 Å². The van der Waals surface area contributed by atoms with Gasteiger partial charge < -0.3 is 4.74 Å². The molecule has 0 aromatic heterocycles. The number of Topliss-reactive ketones (excluding diaryl/α,β-unsaturated/α-hetero) is 1. The molecule has 0 radical (unpaired) electrons. The SMILES string of the molecule is COC(=O)C(=O)c1ccc(C(C)(C)C)cc1C. The highest BCUT2D eigenvalue weighted by molar-refractivity contribution is 6.40. The lowest BCUT2D eigenvalue weighted by Crippen LogP contribution is -2.18. The van der Waals surface area contributed by atoms with Crippen molar-refractivity contribution in [3.8, 4) is 0 Å². The standard InChI is InChI=1S/C14H18O3/c1-9-8-10(14(2,3)4)6-7-11(9)12(15)13(16)17-5/h6-8H,1-5H3. The average molecular weight is 234 g/mol. The molecular formula is C14H18O3. The number of benzene rings is 1. The lowest BCUT2D eigenvalue weighted by Gasteiger charge is -2.20. The fourth-order valence-corrected chi connectivity index (χ4v) is 1.59. The molecular weight excluding hydrogens is 216 g/mol. The van der Waals surface area contributed by atoms with Gasteiger partial charge in [0.25, 0.3) is 5.78 Å². The fourth-order valence-electron chi connectivity index (χ4n) is 1.59. The van der Waals surface area contributed by atoms with E-state index in [4.69, 9.17) is 0 Å². The van der Waals surface area contributed by atoms with E-state index in [1.807, 2.05) is 19.1 Å². The van der Waals surface area contributed by atoms with Crippen LogP contribution in [0, 0.1) is 6.92 Å². The summed E-state index contributed by atoms with van der Waals surface area (Å²) in [6.45, 7) is 8.13. The van der Waals surface area contributed by atoms with Gasteiger partial charge in [-0.15, -0.1) is 0 Å². The Kier molecular flexibility index (Phi) is 3.71. The first-order valence-corrected chi connectivity index (χ1v) is 5.51. The Labute approximate surface area is 102 Å². The van der Waals surface area contributed by atoms with Crippen molar-refractivity contribution in [3.05, 3.63) is 34.9 Å². The second-order valence-electron chi connectivity index (χ2n) is 5.10. The Morgan fingerprint density at radius 1 is 1.18 bits per heavy atom. The number of hydrogen-bond donors (Lipinski definition) is 0. The van der Waals surface area contributed by atoms with Gasteiger partial charge >= 0.3 is 5.97 Å². The predicted octanol–water partition coefficient (Wildman–Crippen LogP) is 2.65. The summed E-state index contributed by atoms with van der Waals surface area (Å²) in [5, 5.41) is 0.